The molecule has 15 heavy (non-hydrogen) atoms. The van der Waals surface area contributed by atoms with Crippen LogP contribution in [0, 0.1) is 11.8 Å². The summed E-state index contributed by atoms with van der Waals surface area (Å²) in [5, 5.41) is 0. The van der Waals surface area contributed by atoms with Gasteiger partial charge in [-0.25, -0.2) is 0 Å². The number of nitrogens with zero attached hydrogens (tertiary/aromatic N) is 1. The minimum atomic E-state index is 0.380. The summed E-state index contributed by atoms with van der Waals surface area (Å²) in [6.07, 6.45) is 4.13. The third-order valence-electron chi connectivity index (χ3n) is 3.83. The maximum Gasteiger partial charge on any atom is 0.00509 e. The van der Waals surface area contributed by atoms with Gasteiger partial charge in [0.1, 0.15) is 0 Å². The normalized spacial score (nSPS) is 35.6. The van der Waals surface area contributed by atoms with E-state index in [0.717, 1.165) is 11.8 Å². The van der Waals surface area contributed by atoms with Crippen LogP contribution in [-0.2, 0) is 0 Å². The Morgan fingerprint density at radius 3 is 3.00 bits per heavy atom. The second-order valence-electron chi connectivity index (χ2n) is 5.25. The van der Waals surface area contributed by atoms with Crippen LogP contribution in [0.25, 0.3) is 0 Å². The minimum Gasteiger partial charge on any atom is -0.328 e. The van der Waals surface area contributed by atoms with Crippen LogP contribution in [0.5, 0.6) is 0 Å². The fourth-order valence-corrected chi connectivity index (χ4v) is 4.05. The van der Waals surface area contributed by atoms with Gasteiger partial charge < -0.3 is 10.6 Å². The van der Waals surface area contributed by atoms with Gasteiger partial charge in [-0.3, -0.25) is 0 Å². The van der Waals surface area contributed by atoms with E-state index in [9.17, 15) is 0 Å². The predicted octanol–water partition coefficient (Wildman–Crippen LogP) is 1.80. The van der Waals surface area contributed by atoms with Crippen molar-refractivity contribution < 1.29 is 0 Å². The molecule has 0 amide bonds. The standard InChI is InChI=1S/C12H24N2S/c1-10(13)12-3-2-5-14(8-12)7-11-4-6-15-9-11/h10-12H,2-9,13H2,1H3. The molecule has 0 aliphatic carbocycles. The second kappa shape index (κ2) is 5.55. The number of rotatable bonds is 3. The van der Waals surface area contributed by atoms with Crippen molar-refractivity contribution >= 4 is 11.8 Å². The third-order valence-corrected chi connectivity index (χ3v) is 5.06. The number of hydrogen-bond acceptors (Lipinski definition) is 3. The molecule has 0 spiro atoms. The molecule has 88 valence electrons. The zero-order valence-corrected chi connectivity index (χ0v) is 10.6. The van der Waals surface area contributed by atoms with Gasteiger partial charge in [0.15, 0.2) is 0 Å². The monoisotopic (exact) mass is 228 g/mol. The molecule has 0 radical (unpaired) electrons. The number of piperidine rings is 1. The van der Waals surface area contributed by atoms with Crippen LogP contribution in [0.2, 0.25) is 0 Å². The highest BCUT2D eigenvalue weighted by Crippen LogP contribution is 2.26. The van der Waals surface area contributed by atoms with Crippen LogP contribution in [0.4, 0.5) is 0 Å². The van der Waals surface area contributed by atoms with Crippen molar-refractivity contribution in [3.8, 4) is 0 Å². The maximum atomic E-state index is 6.01. The quantitative estimate of drug-likeness (QED) is 0.799. The van der Waals surface area contributed by atoms with Crippen molar-refractivity contribution in [2.24, 2.45) is 17.6 Å². The predicted molar refractivity (Wildman–Crippen MR) is 68.2 cm³/mol. The van der Waals surface area contributed by atoms with E-state index in [2.05, 4.69) is 23.6 Å². The zero-order valence-electron chi connectivity index (χ0n) is 9.82. The fraction of sp³-hybridized carbons (Fsp3) is 1.00. The Kier molecular flexibility index (Phi) is 4.35. The molecule has 2 N–H and O–H groups in total. The largest absolute Gasteiger partial charge is 0.328 e. The van der Waals surface area contributed by atoms with E-state index >= 15 is 0 Å². The third kappa shape index (κ3) is 3.36. The molecule has 2 nitrogen and oxygen atoms in total. The van der Waals surface area contributed by atoms with Crippen molar-refractivity contribution in [2.75, 3.05) is 31.1 Å². The lowest BCUT2D eigenvalue weighted by molar-refractivity contribution is 0.144. The van der Waals surface area contributed by atoms with Gasteiger partial charge in [0.05, 0.1) is 0 Å². The highest BCUT2D eigenvalue weighted by molar-refractivity contribution is 7.99. The van der Waals surface area contributed by atoms with Gasteiger partial charge in [0.25, 0.3) is 0 Å². The summed E-state index contributed by atoms with van der Waals surface area (Å²) in [7, 11) is 0. The Bertz CT molecular complexity index is 188. The Hall–Kier alpha value is 0.270. The van der Waals surface area contributed by atoms with Crippen molar-refractivity contribution in [3.63, 3.8) is 0 Å². The lowest BCUT2D eigenvalue weighted by atomic mass is 9.91. The molecule has 2 rings (SSSR count). The first kappa shape index (κ1) is 11.7. The lowest BCUT2D eigenvalue weighted by Gasteiger charge is -2.35. The molecule has 0 aromatic carbocycles. The van der Waals surface area contributed by atoms with E-state index in [-0.39, 0.29) is 0 Å². The van der Waals surface area contributed by atoms with E-state index in [4.69, 9.17) is 5.73 Å². The second-order valence-corrected chi connectivity index (χ2v) is 6.40. The summed E-state index contributed by atoms with van der Waals surface area (Å²) in [5.74, 6) is 4.48. The molecule has 2 aliphatic heterocycles. The highest BCUT2D eigenvalue weighted by Gasteiger charge is 2.25. The molecule has 2 heterocycles. The summed E-state index contributed by atoms with van der Waals surface area (Å²) >= 11 is 2.13. The molecular weight excluding hydrogens is 204 g/mol. The van der Waals surface area contributed by atoms with Crippen LogP contribution < -0.4 is 5.73 Å². The summed E-state index contributed by atoms with van der Waals surface area (Å²) in [4.78, 5) is 2.66. The van der Waals surface area contributed by atoms with Gasteiger partial charge in [-0.2, -0.15) is 11.8 Å². The molecule has 2 saturated heterocycles. The molecule has 2 aliphatic rings. The molecule has 2 fully saturated rings. The van der Waals surface area contributed by atoms with E-state index in [0.29, 0.717) is 6.04 Å². The van der Waals surface area contributed by atoms with Crippen LogP contribution in [-0.4, -0.2) is 42.1 Å². The molecule has 0 saturated carbocycles. The Labute approximate surface area is 98.0 Å². The smallest absolute Gasteiger partial charge is 0.00509 e. The number of nitrogens with two attached hydrogens (primary N) is 1. The van der Waals surface area contributed by atoms with Crippen molar-refractivity contribution in [2.45, 2.75) is 32.2 Å². The van der Waals surface area contributed by atoms with Crippen LogP contribution in [0.15, 0.2) is 0 Å². The molecule has 3 atom stereocenters. The highest BCUT2D eigenvalue weighted by atomic mass is 32.2. The van der Waals surface area contributed by atoms with Gasteiger partial charge in [-0.05, 0) is 56.1 Å². The van der Waals surface area contributed by atoms with Crippen LogP contribution >= 0.6 is 11.8 Å². The molecule has 3 unspecified atom stereocenters. The molecule has 0 bridgehead atoms. The summed E-state index contributed by atoms with van der Waals surface area (Å²) < 4.78 is 0. The van der Waals surface area contributed by atoms with E-state index in [1.165, 1.54) is 50.4 Å². The lowest BCUT2D eigenvalue weighted by Crippen LogP contribution is -2.44. The van der Waals surface area contributed by atoms with E-state index in [1.807, 2.05) is 0 Å². The molecular formula is C12H24N2S. The molecule has 0 aromatic rings. The first-order valence-electron chi connectivity index (χ1n) is 6.31. The number of thioether (sulfide) groups is 1. The van der Waals surface area contributed by atoms with Crippen molar-refractivity contribution in [1.82, 2.24) is 4.90 Å². The van der Waals surface area contributed by atoms with Gasteiger partial charge in [-0.15, -0.1) is 0 Å². The SMILES string of the molecule is CC(N)C1CCCN(CC2CCSC2)C1. The first-order valence-corrected chi connectivity index (χ1v) is 7.47. The maximum absolute atomic E-state index is 6.01. The average molecular weight is 228 g/mol. The number of likely N-dealkylation sites (tertiary alicyclic amines) is 1. The Morgan fingerprint density at radius 2 is 2.33 bits per heavy atom. The number of hydrogen-bond donors (Lipinski definition) is 1. The fourth-order valence-electron chi connectivity index (χ4n) is 2.78. The van der Waals surface area contributed by atoms with E-state index < -0.39 is 0 Å². The van der Waals surface area contributed by atoms with Crippen molar-refractivity contribution in [3.05, 3.63) is 0 Å². The summed E-state index contributed by atoms with van der Waals surface area (Å²) in [5.41, 5.74) is 6.01. The van der Waals surface area contributed by atoms with Crippen LogP contribution in [0.1, 0.15) is 26.2 Å². The van der Waals surface area contributed by atoms with Crippen molar-refractivity contribution in [1.29, 1.82) is 0 Å². The average Bonchev–Trinajstić information content (AvgIpc) is 2.71. The van der Waals surface area contributed by atoms with Gasteiger partial charge in [0, 0.05) is 19.1 Å². The summed E-state index contributed by atoms with van der Waals surface area (Å²) in [6.45, 7) is 6.05. The topological polar surface area (TPSA) is 29.3 Å². The van der Waals surface area contributed by atoms with Gasteiger partial charge in [-0.1, -0.05) is 0 Å². The zero-order chi connectivity index (χ0) is 10.7. The minimum absolute atomic E-state index is 0.380. The Balaban J connectivity index is 1.76. The van der Waals surface area contributed by atoms with E-state index in [1.54, 1.807) is 0 Å². The Morgan fingerprint density at radius 1 is 1.47 bits per heavy atom. The first-order chi connectivity index (χ1) is 7.25. The van der Waals surface area contributed by atoms with Crippen LogP contribution in [0.3, 0.4) is 0 Å². The molecule has 3 heteroatoms. The van der Waals surface area contributed by atoms with Gasteiger partial charge in [0.2, 0.25) is 0 Å². The van der Waals surface area contributed by atoms with Gasteiger partial charge >= 0.3 is 0 Å². The molecule has 0 aromatic heterocycles. The summed E-state index contributed by atoms with van der Waals surface area (Å²) in [6, 6.07) is 0.380.